The van der Waals surface area contributed by atoms with Crippen LogP contribution in [0.4, 0.5) is 0 Å². The van der Waals surface area contributed by atoms with Crippen LogP contribution in [-0.2, 0) is 19.9 Å². The van der Waals surface area contributed by atoms with Crippen molar-refractivity contribution in [2.24, 2.45) is 0 Å². The van der Waals surface area contributed by atoms with Crippen LogP contribution < -0.4 is 0 Å². The van der Waals surface area contributed by atoms with Crippen LogP contribution in [0.15, 0.2) is 0 Å². The van der Waals surface area contributed by atoms with Crippen LogP contribution in [0.3, 0.4) is 0 Å². The van der Waals surface area contributed by atoms with E-state index in [-0.39, 0.29) is 6.42 Å². The number of rotatable bonds is 6. The number of carbonyl (C=O) groups is 2. The Labute approximate surface area is 102 Å². The Morgan fingerprint density at radius 1 is 1.00 bits per heavy atom. The van der Waals surface area contributed by atoms with Crippen molar-refractivity contribution in [2.45, 2.75) is 46.0 Å². The number of hydrogen-bond acceptors (Lipinski definition) is 4. The topological polar surface area (TPSA) is 109 Å². The molecule has 0 unspecified atom stereocenters. The van der Waals surface area contributed by atoms with Gasteiger partial charge < -0.3 is 10.2 Å². The number of carboxylic acid groups (broad SMARTS) is 2. The zero-order valence-electron chi connectivity index (χ0n) is 9.97. The molecule has 0 spiro atoms. The van der Waals surface area contributed by atoms with Crippen molar-refractivity contribution in [1.82, 2.24) is 0 Å². The molecule has 0 aliphatic heterocycles. The second-order valence-electron chi connectivity index (χ2n) is 3.21. The fourth-order valence-electron chi connectivity index (χ4n) is 0.817. The molecular weight excluding hydrogens is 248 g/mol. The maximum atomic E-state index is 10.1. The molecule has 0 atom stereocenters. The molecule has 0 rings (SSSR count). The lowest BCUT2D eigenvalue weighted by molar-refractivity contribution is -0.137. The molecule has 0 bridgehead atoms. The molecule has 17 heavy (non-hydrogen) atoms. The highest BCUT2D eigenvalue weighted by Gasteiger charge is 2.08. The summed E-state index contributed by atoms with van der Waals surface area (Å²) in [6.45, 7) is 3.69. The quantitative estimate of drug-likeness (QED) is 0.699. The first kappa shape index (κ1) is 18.0. The number of carboxylic acids is 2. The van der Waals surface area contributed by atoms with Crippen LogP contribution in [0.2, 0.25) is 0 Å². The Kier molecular flexibility index (Phi) is 11.8. The van der Waals surface area contributed by atoms with E-state index in [0.717, 1.165) is 12.8 Å². The second kappa shape index (κ2) is 11.1. The average Bonchev–Trinajstić information content (AvgIpc) is 2.22. The van der Waals surface area contributed by atoms with Crippen LogP contribution in [0.1, 0.15) is 46.0 Å². The minimum Gasteiger partial charge on any atom is -0.481 e. The highest BCUT2D eigenvalue weighted by atomic mass is 32.2. The van der Waals surface area contributed by atoms with Crippen molar-refractivity contribution in [2.75, 3.05) is 0 Å². The predicted molar refractivity (Wildman–Crippen MR) is 63.6 cm³/mol. The van der Waals surface area contributed by atoms with Crippen molar-refractivity contribution in [3.05, 3.63) is 0 Å². The molecule has 0 aromatic rings. The van der Waals surface area contributed by atoms with E-state index in [1.807, 2.05) is 6.92 Å². The third-order valence-corrected chi connectivity index (χ3v) is 2.44. The monoisotopic (exact) mass is 266 g/mol. The normalized spacial score (nSPS) is 8.82. The fraction of sp³-hybridized carbons (Fsp3) is 0.700. The Hall–Kier alpha value is -1.37. The van der Waals surface area contributed by atoms with Gasteiger partial charge in [0.15, 0.2) is 4.86 Å². The molecule has 0 saturated heterocycles. The molecule has 0 amide bonds. The van der Waals surface area contributed by atoms with Crippen LogP contribution in [0.25, 0.3) is 0 Å². The number of hydrogen-bond donors (Lipinski definition) is 2. The molecule has 0 aromatic heterocycles. The Morgan fingerprint density at radius 3 is 1.65 bits per heavy atom. The summed E-state index contributed by atoms with van der Waals surface area (Å²) in [5.41, 5.74) is 0. The van der Waals surface area contributed by atoms with Gasteiger partial charge in [0.1, 0.15) is 0 Å². The summed E-state index contributed by atoms with van der Waals surface area (Å²) in [5, 5.41) is 16.3. The molecule has 0 aromatic carbocycles. The van der Waals surface area contributed by atoms with Gasteiger partial charge in [-0.1, -0.05) is 26.7 Å². The maximum Gasteiger partial charge on any atom is 0.347 e. The third-order valence-electron chi connectivity index (χ3n) is 1.66. The van der Waals surface area contributed by atoms with Crippen molar-refractivity contribution >= 4 is 27.1 Å². The standard InChI is InChI=1S/C5H8O4S.C5H10O2/c1-2-3-4(5(6)7)10(8)9;1-2-3-4-5(6)7/h2-3H2,1H3,(H,6,7);2-4H2,1H3,(H,6,7). The first-order chi connectivity index (χ1) is 7.86. The van der Waals surface area contributed by atoms with Crippen molar-refractivity contribution in [3.8, 4) is 0 Å². The van der Waals surface area contributed by atoms with Crippen molar-refractivity contribution in [1.29, 1.82) is 0 Å². The van der Waals surface area contributed by atoms with Crippen LogP contribution >= 0.6 is 0 Å². The van der Waals surface area contributed by atoms with Crippen molar-refractivity contribution < 1.29 is 28.2 Å². The lowest BCUT2D eigenvalue weighted by Crippen LogP contribution is -2.13. The van der Waals surface area contributed by atoms with E-state index in [1.54, 1.807) is 6.92 Å². The molecule has 0 radical (unpaired) electrons. The van der Waals surface area contributed by atoms with E-state index in [2.05, 4.69) is 0 Å². The molecule has 6 nitrogen and oxygen atoms in total. The maximum absolute atomic E-state index is 10.1. The van der Waals surface area contributed by atoms with Gasteiger partial charge in [-0.05, 0) is 12.8 Å². The summed E-state index contributed by atoms with van der Waals surface area (Å²) in [5.74, 6) is -2.04. The van der Waals surface area contributed by atoms with Gasteiger partial charge >= 0.3 is 11.9 Å². The zero-order valence-corrected chi connectivity index (χ0v) is 10.8. The van der Waals surface area contributed by atoms with Gasteiger partial charge in [0.05, 0.1) is 0 Å². The zero-order chi connectivity index (χ0) is 13.8. The van der Waals surface area contributed by atoms with Gasteiger partial charge in [0.25, 0.3) is 0 Å². The summed E-state index contributed by atoms with van der Waals surface area (Å²) in [6.07, 6.45) is 2.71. The van der Waals surface area contributed by atoms with Crippen LogP contribution in [-0.4, -0.2) is 35.4 Å². The number of aliphatic carboxylic acids is 2. The average molecular weight is 266 g/mol. The van der Waals surface area contributed by atoms with E-state index < -0.39 is 27.1 Å². The lowest BCUT2D eigenvalue weighted by Gasteiger charge is -1.89. The third kappa shape index (κ3) is 12.6. The lowest BCUT2D eigenvalue weighted by atomic mass is 10.2. The van der Waals surface area contributed by atoms with Crippen LogP contribution in [0.5, 0.6) is 0 Å². The highest BCUT2D eigenvalue weighted by molar-refractivity contribution is 7.74. The summed E-state index contributed by atoms with van der Waals surface area (Å²) in [7, 11) is -2.57. The van der Waals surface area contributed by atoms with Gasteiger partial charge in [-0.15, -0.1) is 0 Å². The summed E-state index contributed by atoms with van der Waals surface area (Å²) >= 11 is 0. The smallest absolute Gasteiger partial charge is 0.347 e. The Balaban J connectivity index is 0. The molecule has 0 aliphatic carbocycles. The number of unbranched alkanes of at least 4 members (excludes halogenated alkanes) is 1. The Bertz CT molecular complexity index is 360. The Morgan fingerprint density at radius 2 is 1.53 bits per heavy atom. The highest BCUT2D eigenvalue weighted by Crippen LogP contribution is 1.91. The molecule has 0 aliphatic rings. The summed E-state index contributed by atoms with van der Waals surface area (Å²) in [4.78, 5) is 19.4. The first-order valence-electron chi connectivity index (χ1n) is 5.26. The molecule has 100 valence electrons. The minimum absolute atomic E-state index is 0.103. The van der Waals surface area contributed by atoms with E-state index in [9.17, 15) is 18.0 Å². The summed E-state index contributed by atoms with van der Waals surface area (Å²) in [6, 6.07) is 0. The van der Waals surface area contributed by atoms with Gasteiger partial charge in [0, 0.05) is 6.42 Å². The van der Waals surface area contributed by atoms with Gasteiger partial charge in [-0.3, -0.25) is 4.79 Å². The molecule has 2 N–H and O–H groups in total. The van der Waals surface area contributed by atoms with E-state index >= 15 is 0 Å². The minimum atomic E-state index is -2.57. The second-order valence-corrected chi connectivity index (χ2v) is 4.17. The molecule has 7 heteroatoms. The van der Waals surface area contributed by atoms with Crippen LogP contribution in [0, 0.1) is 0 Å². The first-order valence-corrected chi connectivity index (χ1v) is 6.34. The molecule has 0 fully saturated rings. The van der Waals surface area contributed by atoms with Crippen molar-refractivity contribution in [3.63, 3.8) is 0 Å². The largest absolute Gasteiger partial charge is 0.481 e. The van der Waals surface area contributed by atoms with E-state index in [4.69, 9.17) is 10.2 Å². The van der Waals surface area contributed by atoms with E-state index in [0.29, 0.717) is 12.8 Å². The fourth-order valence-corrected chi connectivity index (χ4v) is 1.33. The predicted octanol–water partition coefficient (Wildman–Crippen LogP) is 1.18. The SMILES string of the molecule is CCCC(C(=O)O)=S(=O)=O.CCCCC(=O)O. The van der Waals surface area contributed by atoms with E-state index in [1.165, 1.54) is 0 Å². The van der Waals surface area contributed by atoms with Gasteiger partial charge in [0.2, 0.25) is 10.3 Å². The molecular formula is C10H18O6S. The van der Waals surface area contributed by atoms with Gasteiger partial charge in [-0.25, -0.2) is 4.79 Å². The molecule has 0 saturated carbocycles. The van der Waals surface area contributed by atoms with Gasteiger partial charge in [-0.2, -0.15) is 8.42 Å². The summed E-state index contributed by atoms with van der Waals surface area (Å²) < 4.78 is 20.2. The molecule has 0 heterocycles.